The molecule has 0 N–H and O–H groups in total. The Hall–Kier alpha value is -2.48. The minimum absolute atomic E-state index is 0.0552. The molecule has 0 saturated carbocycles. The molecule has 98 valence electrons. The summed E-state index contributed by atoms with van der Waals surface area (Å²) in [6.07, 6.45) is 0. The summed E-state index contributed by atoms with van der Waals surface area (Å²) in [5.74, 6) is 0.0552. The highest BCUT2D eigenvalue weighted by molar-refractivity contribution is 6.09. The van der Waals surface area contributed by atoms with E-state index in [9.17, 15) is 4.79 Å². The van der Waals surface area contributed by atoms with Crippen LogP contribution in [-0.4, -0.2) is 10.8 Å². The number of benzene rings is 2. The second kappa shape index (κ2) is 4.89. The summed E-state index contributed by atoms with van der Waals surface area (Å²) in [5, 5.41) is 1.02. The maximum atomic E-state index is 12.1. The van der Waals surface area contributed by atoms with E-state index < -0.39 is 0 Å². The van der Waals surface area contributed by atoms with Crippen molar-refractivity contribution in [3.63, 3.8) is 0 Å². The molecule has 0 atom stereocenters. The van der Waals surface area contributed by atoms with E-state index in [1.54, 1.807) is 6.92 Å². The molecule has 2 nitrogen and oxygen atoms in total. The van der Waals surface area contributed by atoms with Crippen LogP contribution in [0.3, 0.4) is 0 Å². The van der Waals surface area contributed by atoms with Gasteiger partial charge in [-0.3, -0.25) is 9.78 Å². The zero-order valence-corrected chi connectivity index (χ0v) is 11.6. The van der Waals surface area contributed by atoms with E-state index in [1.807, 2.05) is 61.5 Å². The number of aromatic nitrogens is 1. The summed E-state index contributed by atoms with van der Waals surface area (Å²) in [6.45, 7) is 3.50. The quantitative estimate of drug-likeness (QED) is 0.639. The highest BCUT2D eigenvalue weighted by atomic mass is 16.1. The smallest absolute Gasteiger partial charge is 0.162 e. The number of hydrogen-bond donors (Lipinski definition) is 0. The van der Waals surface area contributed by atoms with Crippen molar-refractivity contribution in [2.24, 2.45) is 0 Å². The number of fused-ring (bicyclic) bond motifs is 1. The fraction of sp³-hybridized carbons (Fsp3) is 0.111. The van der Waals surface area contributed by atoms with Crippen LogP contribution < -0.4 is 0 Å². The lowest BCUT2D eigenvalue weighted by atomic mass is 9.92. The number of aryl methyl sites for hydroxylation is 1. The van der Waals surface area contributed by atoms with Crippen LogP contribution in [0, 0.1) is 6.92 Å². The van der Waals surface area contributed by atoms with Crippen LogP contribution in [-0.2, 0) is 0 Å². The Morgan fingerprint density at radius 1 is 0.950 bits per heavy atom. The van der Waals surface area contributed by atoms with Crippen molar-refractivity contribution >= 4 is 16.7 Å². The van der Waals surface area contributed by atoms with Gasteiger partial charge >= 0.3 is 0 Å². The third kappa shape index (κ3) is 1.99. The van der Waals surface area contributed by atoms with Gasteiger partial charge in [0.05, 0.1) is 5.52 Å². The summed E-state index contributed by atoms with van der Waals surface area (Å²) in [6, 6.07) is 18.0. The molecule has 20 heavy (non-hydrogen) atoms. The molecular weight excluding hydrogens is 246 g/mol. The predicted octanol–water partition coefficient (Wildman–Crippen LogP) is 4.41. The number of nitrogens with zero attached hydrogens (tertiary/aromatic N) is 1. The Kier molecular flexibility index (Phi) is 3.07. The molecule has 0 radical (unpaired) electrons. The van der Waals surface area contributed by atoms with Gasteiger partial charge < -0.3 is 0 Å². The molecule has 1 heterocycles. The zero-order valence-electron chi connectivity index (χ0n) is 11.6. The Balaban J connectivity index is 2.48. The van der Waals surface area contributed by atoms with Crippen molar-refractivity contribution in [3.05, 3.63) is 65.9 Å². The molecule has 3 aromatic rings. The van der Waals surface area contributed by atoms with E-state index in [1.165, 1.54) is 0 Å². The van der Waals surface area contributed by atoms with Crippen LogP contribution in [0.4, 0.5) is 0 Å². The first-order valence-corrected chi connectivity index (χ1v) is 6.64. The normalized spacial score (nSPS) is 10.7. The number of carbonyl (C=O) groups is 1. The van der Waals surface area contributed by atoms with Gasteiger partial charge in [0.15, 0.2) is 5.78 Å². The highest BCUT2D eigenvalue weighted by Crippen LogP contribution is 2.33. The van der Waals surface area contributed by atoms with Crippen LogP contribution >= 0.6 is 0 Å². The van der Waals surface area contributed by atoms with Gasteiger partial charge in [-0.1, -0.05) is 48.5 Å². The molecule has 2 aromatic carbocycles. The number of para-hydroxylation sites is 1. The SMILES string of the molecule is CC(=O)c1c(C)nc2ccccc2c1-c1ccccc1. The van der Waals surface area contributed by atoms with E-state index in [-0.39, 0.29) is 5.78 Å². The first-order chi connectivity index (χ1) is 9.68. The first kappa shape index (κ1) is 12.5. The van der Waals surface area contributed by atoms with E-state index >= 15 is 0 Å². The van der Waals surface area contributed by atoms with E-state index in [0.29, 0.717) is 0 Å². The lowest BCUT2D eigenvalue weighted by molar-refractivity contribution is 0.101. The lowest BCUT2D eigenvalue weighted by Crippen LogP contribution is -2.03. The van der Waals surface area contributed by atoms with Crippen LogP contribution in [0.15, 0.2) is 54.6 Å². The van der Waals surface area contributed by atoms with Gasteiger partial charge in [0.1, 0.15) is 0 Å². The minimum atomic E-state index is 0.0552. The molecule has 1 aromatic heterocycles. The van der Waals surface area contributed by atoms with Crippen molar-refractivity contribution in [2.45, 2.75) is 13.8 Å². The second-order valence-corrected chi connectivity index (χ2v) is 4.89. The molecule has 2 heteroatoms. The monoisotopic (exact) mass is 261 g/mol. The molecule has 0 unspecified atom stereocenters. The van der Waals surface area contributed by atoms with E-state index in [4.69, 9.17) is 0 Å². The molecule has 0 aliphatic heterocycles. The fourth-order valence-corrected chi connectivity index (χ4v) is 2.67. The summed E-state index contributed by atoms with van der Waals surface area (Å²) < 4.78 is 0. The Bertz CT molecular complexity index is 791. The van der Waals surface area contributed by atoms with E-state index in [2.05, 4.69) is 4.98 Å². The van der Waals surface area contributed by atoms with Crippen molar-refractivity contribution in [1.82, 2.24) is 4.98 Å². The van der Waals surface area contributed by atoms with Crippen LogP contribution in [0.2, 0.25) is 0 Å². The maximum Gasteiger partial charge on any atom is 0.162 e. The molecule has 0 aliphatic carbocycles. The summed E-state index contributed by atoms with van der Waals surface area (Å²) in [7, 11) is 0. The number of pyridine rings is 1. The topological polar surface area (TPSA) is 30.0 Å². The van der Waals surface area contributed by atoms with Crippen molar-refractivity contribution < 1.29 is 4.79 Å². The van der Waals surface area contributed by atoms with Gasteiger partial charge in [0.2, 0.25) is 0 Å². The van der Waals surface area contributed by atoms with Crippen molar-refractivity contribution in [2.75, 3.05) is 0 Å². The van der Waals surface area contributed by atoms with E-state index in [0.717, 1.165) is 33.3 Å². The van der Waals surface area contributed by atoms with Crippen molar-refractivity contribution in [3.8, 4) is 11.1 Å². The number of Topliss-reactive ketones (excluding diaryl/α,β-unsaturated/α-hetero) is 1. The second-order valence-electron chi connectivity index (χ2n) is 4.89. The maximum absolute atomic E-state index is 12.1. The van der Waals surface area contributed by atoms with Gasteiger partial charge in [0, 0.05) is 22.2 Å². The molecule has 3 rings (SSSR count). The molecule has 0 amide bonds. The number of hydrogen-bond acceptors (Lipinski definition) is 2. The largest absolute Gasteiger partial charge is 0.294 e. The van der Waals surface area contributed by atoms with Gasteiger partial charge in [-0.2, -0.15) is 0 Å². The van der Waals surface area contributed by atoms with Gasteiger partial charge in [-0.15, -0.1) is 0 Å². The molecule has 0 bridgehead atoms. The third-order valence-electron chi connectivity index (χ3n) is 3.49. The Labute approximate surface area is 118 Å². The van der Waals surface area contributed by atoms with Crippen LogP contribution in [0.5, 0.6) is 0 Å². The lowest BCUT2D eigenvalue weighted by Gasteiger charge is -2.13. The molecule has 0 aliphatic rings. The van der Waals surface area contributed by atoms with Crippen LogP contribution in [0.25, 0.3) is 22.0 Å². The summed E-state index contributed by atoms with van der Waals surface area (Å²) in [4.78, 5) is 16.6. The van der Waals surface area contributed by atoms with Gasteiger partial charge in [0.25, 0.3) is 0 Å². The standard InChI is InChI=1S/C18H15NO/c1-12-17(13(2)20)18(14-8-4-3-5-9-14)15-10-6-7-11-16(15)19-12/h3-11H,1-2H3. The highest BCUT2D eigenvalue weighted by Gasteiger charge is 2.17. The zero-order chi connectivity index (χ0) is 14.1. The molecule has 0 fully saturated rings. The minimum Gasteiger partial charge on any atom is -0.294 e. The number of carbonyl (C=O) groups excluding carboxylic acids is 1. The Morgan fingerprint density at radius 2 is 1.60 bits per heavy atom. The molecule has 0 saturated heterocycles. The fourth-order valence-electron chi connectivity index (χ4n) is 2.67. The average Bonchev–Trinajstić information content (AvgIpc) is 2.46. The molecular formula is C18H15NO. The molecule has 0 spiro atoms. The Morgan fingerprint density at radius 3 is 2.30 bits per heavy atom. The summed E-state index contributed by atoms with van der Waals surface area (Å²) in [5.41, 5.74) is 4.47. The average molecular weight is 261 g/mol. The predicted molar refractivity (Wildman–Crippen MR) is 81.9 cm³/mol. The summed E-state index contributed by atoms with van der Waals surface area (Å²) >= 11 is 0. The van der Waals surface area contributed by atoms with Crippen molar-refractivity contribution in [1.29, 1.82) is 0 Å². The first-order valence-electron chi connectivity index (χ1n) is 6.64. The van der Waals surface area contributed by atoms with Gasteiger partial charge in [-0.05, 0) is 25.5 Å². The number of rotatable bonds is 2. The third-order valence-corrected chi connectivity index (χ3v) is 3.49. The number of ketones is 1. The van der Waals surface area contributed by atoms with Crippen LogP contribution in [0.1, 0.15) is 23.0 Å². The van der Waals surface area contributed by atoms with Gasteiger partial charge in [-0.25, -0.2) is 0 Å².